The monoisotopic (exact) mass is 286 g/mol. The lowest BCUT2D eigenvalue weighted by molar-refractivity contribution is -0.143. The maximum absolute atomic E-state index is 11.4. The van der Waals surface area contributed by atoms with Crippen LogP contribution < -0.4 is 0 Å². The summed E-state index contributed by atoms with van der Waals surface area (Å²) in [6, 6.07) is 2.90. The van der Waals surface area contributed by atoms with Gasteiger partial charge in [-0.05, 0) is 23.1 Å². The molecule has 1 rings (SSSR count). The molecule has 0 bridgehead atoms. The fraction of sp³-hybridized carbons (Fsp3) is 0.364. The SMILES string of the molecule is O=C(O)CCC(C(=O)O)C(c1ccncc1)[P+](=O)O. The van der Waals surface area contributed by atoms with Gasteiger partial charge in [-0.1, -0.05) is 0 Å². The van der Waals surface area contributed by atoms with Gasteiger partial charge >= 0.3 is 20.0 Å². The predicted octanol–water partition coefficient (Wildman–Crippen LogP) is 1.42. The zero-order chi connectivity index (χ0) is 14.4. The van der Waals surface area contributed by atoms with Crippen LogP contribution >= 0.6 is 8.03 Å². The lowest BCUT2D eigenvalue weighted by atomic mass is 9.94. The van der Waals surface area contributed by atoms with Crippen molar-refractivity contribution in [3.05, 3.63) is 30.1 Å². The highest BCUT2D eigenvalue weighted by molar-refractivity contribution is 7.38. The average Bonchev–Trinajstić information content (AvgIpc) is 2.34. The Kier molecular flexibility index (Phi) is 5.54. The Labute approximate surface area is 109 Å². The number of carboxylic acids is 2. The number of hydrogen-bond acceptors (Lipinski definition) is 4. The van der Waals surface area contributed by atoms with Crippen LogP contribution in [0, 0.1) is 5.92 Å². The molecular weight excluding hydrogens is 273 g/mol. The molecule has 0 saturated heterocycles. The molecular formula is C11H13NO6P+. The molecule has 0 aliphatic heterocycles. The molecule has 19 heavy (non-hydrogen) atoms. The first-order valence-corrected chi connectivity index (χ1v) is 6.71. The Morgan fingerprint density at radius 2 is 1.84 bits per heavy atom. The standard InChI is InChI=1S/C11H12NO6P/c13-9(14)2-1-8(11(15)16)10(19(17)18)7-3-5-12-6-4-7/h3-6,8,10H,1-2H2,(H2-,13,14,15,16,17,18)/p+1. The van der Waals surface area contributed by atoms with Gasteiger partial charge < -0.3 is 10.2 Å². The Morgan fingerprint density at radius 1 is 1.26 bits per heavy atom. The summed E-state index contributed by atoms with van der Waals surface area (Å²) in [5, 5.41) is 17.7. The normalized spacial score (nSPS) is 14.5. The van der Waals surface area contributed by atoms with E-state index in [0.29, 0.717) is 5.56 Å². The summed E-state index contributed by atoms with van der Waals surface area (Å²) >= 11 is 0. The number of carbonyl (C=O) groups is 2. The minimum Gasteiger partial charge on any atom is -0.481 e. The first-order chi connectivity index (χ1) is 8.93. The van der Waals surface area contributed by atoms with Crippen LogP contribution in [0.25, 0.3) is 0 Å². The van der Waals surface area contributed by atoms with Crippen molar-refractivity contribution in [2.45, 2.75) is 18.5 Å². The van der Waals surface area contributed by atoms with Gasteiger partial charge in [0.1, 0.15) is 5.92 Å². The van der Waals surface area contributed by atoms with E-state index in [0.717, 1.165) is 0 Å². The van der Waals surface area contributed by atoms with Crippen molar-refractivity contribution in [3.8, 4) is 0 Å². The second-order valence-corrected chi connectivity index (χ2v) is 5.07. The number of aromatic nitrogens is 1. The van der Waals surface area contributed by atoms with Crippen LogP contribution in [0.4, 0.5) is 0 Å². The Balaban J connectivity index is 3.03. The van der Waals surface area contributed by atoms with Crippen LogP contribution in [-0.4, -0.2) is 32.0 Å². The van der Waals surface area contributed by atoms with E-state index in [2.05, 4.69) is 4.98 Å². The maximum Gasteiger partial charge on any atom is 0.514 e. The molecule has 102 valence electrons. The van der Waals surface area contributed by atoms with Crippen LogP contribution in [0.3, 0.4) is 0 Å². The summed E-state index contributed by atoms with van der Waals surface area (Å²) < 4.78 is 11.4. The van der Waals surface area contributed by atoms with E-state index in [1.807, 2.05) is 0 Å². The third-order valence-electron chi connectivity index (χ3n) is 2.65. The van der Waals surface area contributed by atoms with Crippen LogP contribution in [0.2, 0.25) is 0 Å². The van der Waals surface area contributed by atoms with Crippen LogP contribution in [0.5, 0.6) is 0 Å². The number of carboxylic acid groups (broad SMARTS) is 2. The second kappa shape index (κ2) is 6.92. The molecule has 3 atom stereocenters. The molecule has 3 unspecified atom stereocenters. The quantitative estimate of drug-likeness (QED) is 0.647. The Morgan fingerprint density at radius 3 is 2.26 bits per heavy atom. The first-order valence-electron chi connectivity index (χ1n) is 5.43. The highest BCUT2D eigenvalue weighted by Crippen LogP contribution is 2.45. The zero-order valence-electron chi connectivity index (χ0n) is 9.84. The third-order valence-corrected chi connectivity index (χ3v) is 3.79. The van der Waals surface area contributed by atoms with E-state index >= 15 is 0 Å². The lowest BCUT2D eigenvalue weighted by Crippen LogP contribution is -2.21. The largest absolute Gasteiger partial charge is 0.514 e. The molecule has 0 aromatic carbocycles. The molecule has 3 N–H and O–H groups in total. The molecule has 0 amide bonds. The smallest absolute Gasteiger partial charge is 0.481 e. The van der Waals surface area contributed by atoms with E-state index in [1.54, 1.807) is 0 Å². The number of nitrogens with zero attached hydrogens (tertiary/aromatic N) is 1. The lowest BCUT2D eigenvalue weighted by Gasteiger charge is -2.13. The van der Waals surface area contributed by atoms with E-state index in [9.17, 15) is 19.0 Å². The first kappa shape index (κ1) is 15.2. The molecule has 0 aliphatic rings. The molecule has 1 heterocycles. The van der Waals surface area contributed by atoms with Gasteiger partial charge in [0.25, 0.3) is 0 Å². The Hall–Kier alpha value is -1.85. The fourth-order valence-corrected chi connectivity index (χ4v) is 2.78. The third kappa shape index (κ3) is 4.39. The number of rotatable bonds is 7. The van der Waals surface area contributed by atoms with Crippen molar-refractivity contribution in [2.75, 3.05) is 0 Å². The van der Waals surface area contributed by atoms with Gasteiger partial charge in [-0.2, -0.15) is 4.89 Å². The van der Waals surface area contributed by atoms with Gasteiger partial charge in [0.15, 0.2) is 0 Å². The highest BCUT2D eigenvalue weighted by Gasteiger charge is 2.43. The minimum atomic E-state index is -2.79. The van der Waals surface area contributed by atoms with Crippen molar-refractivity contribution in [2.24, 2.45) is 5.92 Å². The van der Waals surface area contributed by atoms with E-state index in [-0.39, 0.29) is 12.8 Å². The summed E-state index contributed by atoms with van der Waals surface area (Å²) in [4.78, 5) is 34.8. The van der Waals surface area contributed by atoms with E-state index < -0.39 is 31.5 Å². The van der Waals surface area contributed by atoms with Crippen LogP contribution in [0.1, 0.15) is 24.1 Å². The number of aliphatic carboxylic acids is 2. The summed E-state index contributed by atoms with van der Waals surface area (Å²) in [7, 11) is -2.79. The Bertz CT molecular complexity index is 477. The zero-order valence-corrected chi connectivity index (χ0v) is 10.7. The van der Waals surface area contributed by atoms with Gasteiger partial charge in [0.05, 0.1) is 0 Å². The van der Waals surface area contributed by atoms with Gasteiger partial charge in [-0.25, -0.2) is 0 Å². The predicted molar refractivity (Wildman–Crippen MR) is 64.8 cm³/mol. The van der Waals surface area contributed by atoms with Gasteiger partial charge in [-0.3, -0.25) is 14.6 Å². The number of hydrogen-bond donors (Lipinski definition) is 3. The molecule has 0 aliphatic carbocycles. The summed E-state index contributed by atoms with van der Waals surface area (Å²) in [6.45, 7) is 0. The molecule has 0 radical (unpaired) electrons. The van der Waals surface area contributed by atoms with Crippen molar-refractivity contribution in [1.82, 2.24) is 4.98 Å². The molecule has 0 saturated carbocycles. The summed E-state index contributed by atoms with van der Waals surface area (Å²) in [6.07, 6.45) is 2.19. The molecule has 1 aromatic rings. The van der Waals surface area contributed by atoms with Crippen LogP contribution in [0.15, 0.2) is 24.5 Å². The van der Waals surface area contributed by atoms with Crippen LogP contribution in [-0.2, 0) is 14.2 Å². The van der Waals surface area contributed by atoms with E-state index in [4.69, 9.17) is 10.2 Å². The van der Waals surface area contributed by atoms with E-state index in [1.165, 1.54) is 24.5 Å². The number of pyridine rings is 1. The average molecular weight is 286 g/mol. The fourth-order valence-electron chi connectivity index (χ4n) is 1.77. The van der Waals surface area contributed by atoms with Crippen molar-refractivity contribution in [3.63, 3.8) is 0 Å². The summed E-state index contributed by atoms with van der Waals surface area (Å²) in [5.41, 5.74) is -0.786. The van der Waals surface area contributed by atoms with Crippen molar-refractivity contribution >= 4 is 20.0 Å². The maximum atomic E-state index is 11.4. The minimum absolute atomic E-state index is 0.209. The van der Waals surface area contributed by atoms with Crippen molar-refractivity contribution < 1.29 is 29.3 Å². The topological polar surface area (TPSA) is 125 Å². The van der Waals surface area contributed by atoms with Crippen molar-refractivity contribution in [1.29, 1.82) is 0 Å². The van der Waals surface area contributed by atoms with Gasteiger partial charge in [0.2, 0.25) is 5.66 Å². The molecule has 7 nitrogen and oxygen atoms in total. The molecule has 0 spiro atoms. The summed E-state index contributed by atoms with van der Waals surface area (Å²) in [5.74, 6) is -3.67. The molecule has 0 fully saturated rings. The molecule has 1 aromatic heterocycles. The van der Waals surface area contributed by atoms with Gasteiger partial charge in [0, 0.05) is 24.4 Å². The van der Waals surface area contributed by atoms with Gasteiger partial charge in [-0.15, -0.1) is 0 Å². The molecule has 8 heteroatoms. The highest BCUT2D eigenvalue weighted by atomic mass is 31.1. The second-order valence-electron chi connectivity index (χ2n) is 3.91.